The van der Waals surface area contributed by atoms with Gasteiger partial charge < -0.3 is 5.32 Å². The van der Waals surface area contributed by atoms with Crippen LogP contribution in [-0.2, 0) is 21.2 Å². The zero-order valence-corrected chi connectivity index (χ0v) is 11.6. The molecule has 0 aliphatic rings. The van der Waals surface area contributed by atoms with Crippen LogP contribution >= 0.6 is 0 Å². The Balaban J connectivity index is 2.78. The highest BCUT2D eigenvalue weighted by molar-refractivity contribution is 7.89. The Labute approximate surface area is 108 Å². The number of benzene rings is 1. The lowest BCUT2D eigenvalue weighted by atomic mass is 10.1. The summed E-state index contributed by atoms with van der Waals surface area (Å²) < 4.78 is 24.8. The molecule has 5 nitrogen and oxygen atoms in total. The summed E-state index contributed by atoms with van der Waals surface area (Å²) in [4.78, 5) is 11.3. The van der Waals surface area contributed by atoms with E-state index in [1.807, 2.05) is 0 Å². The van der Waals surface area contributed by atoms with Crippen molar-refractivity contribution in [1.29, 1.82) is 0 Å². The maximum atomic E-state index is 11.8. The number of nitrogens with one attached hydrogen (secondary N) is 1. The van der Waals surface area contributed by atoms with Gasteiger partial charge in [-0.15, -0.1) is 0 Å². The molecule has 1 rings (SSSR count). The lowest BCUT2D eigenvalue weighted by molar-refractivity contribution is -0.120. The highest BCUT2D eigenvalue weighted by Gasteiger charge is 2.16. The predicted molar refractivity (Wildman–Crippen MR) is 69.7 cm³/mol. The molecule has 0 aliphatic carbocycles. The summed E-state index contributed by atoms with van der Waals surface area (Å²) in [6.45, 7) is 0. The third kappa shape index (κ3) is 3.54. The molecule has 18 heavy (non-hydrogen) atoms. The van der Waals surface area contributed by atoms with Crippen LogP contribution < -0.4 is 5.32 Å². The molecule has 0 saturated heterocycles. The van der Waals surface area contributed by atoms with Gasteiger partial charge in [-0.3, -0.25) is 4.79 Å². The van der Waals surface area contributed by atoms with Crippen LogP contribution in [0.4, 0.5) is 0 Å². The monoisotopic (exact) mass is 270 g/mol. The number of hydrogen-bond donors (Lipinski definition) is 1. The average Bonchev–Trinajstić information content (AvgIpc) is 2.36. The van der Waals surface area contributed by atoms with Crippen molar-refractivity contribution in [2.45, 2.75) is 17.7 Å². The van der Waals surface area contributed by atoms with Crippen molar-refractivity contribution in [1.82, 2.24) is 9.62 Å². The van der Waals surface area contributed by atoms with Crippen LogP contribution in [0.25, 0.3) is 0 Å². The van der Waals surface area contributed by atoms with Crippen molar-refractivity contribution in [3.63, 3.8) is 0 Å². The Hall–Kier alpha value is -1.40. The van der Waals surface area contributed by atoms with Crippen molar-refractivity contribution in [3.8, 4) is 0 Å². The summed E-state index contributed by atoms with van der Waals surface area (Å²) in [6.07, 6.45) is 0.998. The van der Waals surface area contributed by atoms with E-state index in [1.54, 1.807) is 31.3 Å². The second kappa shape index (κ2) is 5.97. The van der Waals surface area contributed by atoms with Crippen LogP contribution in [0.1, 0.15) is 12.0 Å². The molecular weight excluding hydrogens is 252 g/mol. The zero-order valence-electron chi connectivity index (χ0n) is 10.8. The molecule has 0 spiro atoms. The topological polar surface area (TPSA) is 66.5 Å². The Kier molecular flexibility index (Phi) is 4.86. The van der Waals surface area contributed by atoms with E-state index in [4.69, 9.17) is 0 Å². The normalized spacial score (nSPS) is 11.6. The molecule has 1 amide bonds. The predicted octanol–water partition coefficient (Wildman–Crippen LogP) is 0.616. The largest absolute Gasteiger partial charge is 0.359 e. The number of carbonyl (C=O) groups excluding carboxylic acids is 1. The minimum Gasteiger partial charge on any atom is -0.359 e. The molecule has 0 radical (unpaired) electrons. The molecule has 100 valence electrons. The maximum Gasteiger partial charge on any atom is 0.242 e. The molecule has 1 N–H and O–H groups in total. The van der Waals surface area contributed by atoms with Gasteiger partial charge in [-0.2, -0.15) is 0 Å². The van der Waals surface area contributed by atoms with E-state index in [1.165, 1.54) is 18.4 Å². The van der Waals surface area contributed by atoms with E-state index in [9.17, 15) is 13.2 Å². The fraction of sp³-hybridized carbons (Fsp3) is 0.417. The first kappa shape index (κ1) is 14.7. The first-order chi connectivity index (χ1) is 8.37. The molecule has 0 fully saturated rings. The van der Waals surface area contributed by atoms with Crippen LogP contribution in [0, 0.1) is 0 Å². The third-order valence-electron chi connectivity index (χ3n) is 2.62. The van der Waals surface area contributed by atoms with Crippen LogP contribution in [0.3, 0.4) is 0 Å². The maximum absolute atomic E-state index is 11.8. The highest BCUT2D eigenvalue weighted by Crippen LogP contribution is 2.14. The van der Waals surface area contributed by atoms with E-state index in [0.717, 1.165) is 5.56 Å². The third-order valence-corrected chi connectivity index (χ3v) is 4.45. The molecule has 6 heteroatoms. The Morgan fingerprint density at radius 1 is 1.22 bits per heavy atom. The first-order valence-electron chi connectivity index (χ1n) is 5.60. The minimum atomic E-state index is -3.38. The summed E-state index contributed by atoms with van der Waals surface area (Å²) >= 11 is 0. The standard InChI is InChI=1S/C12H18N2O3S/c1-13-12(15)9-6-10-4-7-11(8-5-10)18(16,17)14(2)3/h4-5,7-8H,6,9H2,1-3H3,(H,13,15). The van der Waals surface area contributed by atoms with Crippen LogP contribution in [-0.4, -0.2) is 39.8 Å². The van der Waals surface area contributed by atoms with Gasteiger partial charge in [0.25, 0.3) is 0 Å². The van der Waals surface area contributed by atoms with E-state index in [0.29, 0.717) is 12.8 Å². The number of carbonyl (C=O) groups is 1. The van der Waals surface area contributed by atoms with Gasteiger partial charge in [0.1, 0.15) is 0 Å². The van der Waals surface area contributed by atoms with Crippen molar-refractivity contribution < 1.29 is 13.2 Å². The molecule has 0 saturated carbocycles. The molecule has 0 bridgehead atoms. The lowest BCUT2D eigenvalue weighted by Gasteiger charge is -2.11. The number of hydrogen-bond acceptors (Lipinski definition) is 3. The zero-order chi connectivity index (χ0) is 13.8. The van der Waals surface area contributed by atoms with Crippen molar-refractivity contribution in [2.75, 3.05) is 21.1 Å². The lowest BCUT2D eigenvalue weighted by Crippen LogP contribution is -2.22. The smallest absolute Gasteiger partial charge is 0.242 e. The Morgan fingerprint density at radius 3 is 2.22 bits per heavy atom. The Bertz CT molecular complexity index is 507. The van der Waals surface area contributed by atoms with Gasteiger partial charge in [0.2, 0.25) is 15.9 Å². The summed E-state index contributed by atoms with van der Waals surface area (Å²) in [5.41, 5.74) is 0.941. The van der Waals surface area contributed by atoms with Gasteiger partial charge in [0.05, 0.1) is 4.90 Å². The van der Waals surface area contributed by atoms with E-state index in [-0.39, 0.29) is 10.8 Å². The van der Waals surface area contributed by atoms with Gasteiger partial charge in [-0.1, -0.05) is 12.1 Å². The molecular formula is C12H18N2O3S. The first-order valence-corrected chi connectivity index (χ1v) is 7.04. The molecule has 1 aromatic rings. The average molecular weight is 270 g/mol. The van der Waals surface area contributed by atoms with Gasteiger partial charge in [-0.05, 0) is 24.1 Å². The summed E-state index contributed by atoms with van der Waals surface area (Å²) in [5.74, 6) is -0.0278. The number of nitrogens with zero attached hydrogens (tertiary/aromatic N) is 1. The second-order valence-corrected chi connectivity index (χ2v) is 6.26. The fourth-order valence-electron chi connectivity index (χ4n) is 1.42. The number of aryl methyl sites for hydroxylation is 1. The van der Waals surface area contributed by atoms with Gasteiger partial charge in [-0.25, -0.2) is 12.7 Å². The summed E-state index contributed by atoms with van der Waals surface area (Å²) in [6, 6.07) is 6.60. The summed E-state index contributed by atoms with van der Waals surface area (Å²) in [5, 5.41) is 2.54. The van der Waals surface area contributed by atoms with Crippen molar-refractivity contribution >= 4 is 15.9 Å². The minimum absolute atomic E-state index is 0.0278. The summed E-state index contributed by atoms with van der Waals surface area (Å²) in [7, 11) is 1.21. The van der Waals surface area contributed by atoms with E-state index in [2.05, 4.69) is 5.32 Å². The SMILES string of the molecule is CNC(=O)CCc1ccc(S(=O)(=O)N(C)C)cc1. The van der Waals surface area contributed by atoms with Gasteiger partial charge in [0.15, 0.2) is 0 Å². The molecule has 0 heterocycles. The van der Waals surface area contributed by atoms with Crippen LogP contribution in [0.15, 0.2) is 29.2 Å². The van der Waals surface area contributed by atoms with Crippen molar-refractivity contribution in [2.24, 2.45) is 0 Å². The molecule has 0 aromatic heterocycles. The number of sulfonamides is 1. The Morgan fingerprint density at radius 2 is 1.78 bits per heavy atom. The highest BCUT2D eigenvalue weighted by atomic mass is 32.2. The van der Waals surface area contributed by atoms with Gasteiger partial charge >= 0.3 is 0 Å². The van der Waals surface area contributed by atoms with Gasteiger partial charge in [0, 0.05) is 27.6 Å². The van der Waals surface area contributed by atoms with Crippen LogP contribution in [0.5, 0.6) is 0 Å². The molecule has 0 unspecified atom stereocenters. The molecule has 0 aliphatic heterocycles. The second-order valence-electron chi connectivity index (χ2n) is 4.10. The van der Waals surface area contributed by atoms with E-state index < -0.39 is 10.0 Å². The number of rotatable bonds is 5. The quantitative estimate of drug-likeness (QED) is 0.852. The van der Waals surface area contributed by atoms with Crippen LogP contribution in [0.2, 0.25) is 0 Å². The molecule has 0 atom stereocenters. The molecule has 1 aromatic carbocycles. The van der Waals surface area contributed by atoms with E-state index >= 15 is 0 Å². The number of amides is 1. The fourth-order valence-corrected chi connectivity index (χ4v) is 2.32. The van der Waals surface area contributed by atoms with Crippen molar-refractivity contribution in [3.05, 3.63) is 29.8 Å².